The number of ether oxygens (including phenoxy) is 1. The van der Waals surface area contributed by atoms with Crippen molar-refractivity contribution in [3.63, 3.8) is 0 Å². The highest BCUT2D eigenvalue weighted by Crippen LogP contribution is 2.19. The van der Waals surface area contributed by atoms with Gasteiger partial charge in [0.05, 0.1) is 0 Å². The molecule has 0 saturated carbocycles. The van der Waals surface area contributed by atoms with Crippen molar-refractivity contribution in [1.82, 2.24) is 9.97 Å². The average Bonchev–Trinajstić information content (AvgIpc) is 2.37. The molecule has 0 spiro atoms. The number of aryl methyl sites for hydroxylation is 1. The molecule has 0 radical (unpaired) electrons. The first-order valence-electron chi connectivity index (χ1n) is 6.18. The van der Waals surface area contributed by atoms with E-state index in [0.717, 1.165) is 28.7 Å². The van der Waals surface area contributed by atoms with Crippen LogP contribution in [0, 0.1) is 0 Å². The Labute approximate surface area is 121 Å². The third kappa shape index (κ3) is 3.92. The number of hydrogen-bond acceptors (Lipinski definition) is 4. The van der Waals surface area contributed by atoms with Crippen molar-refractivity contribution in [3.8, 4) is 5.88 Å². The maximum atomic E-state index is 5.75. The second-order valence-electron chi connectivity index (χ2n) is 4.18. The molecule has 0 aliphatic rings. The molecule has 0 aliphatic heterocycles. The highest BCUT2D eigenvalue weighted by Gasteiger charge is 2.05. The Hall–Kier alpha value is -1.62. The van der Waals surface area contributed by atoms with Crippen LogP contribution < -0.4 is 10.5 Å². The quantitative estimate of drug-likeness (QED) is 0.917. The van der Waals surface area contributed by atoms with Gasteiger partial charge in [-0.3, -0.25) is 0 Å². The minimum absolute atomic E-state index is 0.445. The number of nitrogen functional groups attached to an aromatic ring is 1. The van der Waals surface area contributed by atoms with Gasteiger partial charge in [0.15, 0.2) is 0 Å². The molecule has 2 rings (SSSR count). The van der Waals surface area contributed by atoms with Gasteiger partial charge in [0.25, 0.3) is 0 Å². The van der Waals surface area contributed by atoms with Crippen molar-refractivity contribution < 1.29 is 4.74 Å². The van der Waals surface area contributed by atoms with E-state index >= 15 is 0 Å². The van der Waals surface area contributed by atoms with E-state index in [1.807, 2.05) is 24.3 Å². The molecule has 0 atom stereocenters. The van der Waals surface area contributed by atoms with Crippen LogP contribution in [-0.4, -0.2) is 9.97 Å². The fraction of sp³-hybridized carbons (Fsp3) is 0.286. The molecule has 4 nitrogen and oxygen atoms in total. The van der Waals surface area contributed by atoms with E-state index in [1.54, 1.807) is 6.07 Å². The monoisotopic (exact) mass is 321 g/mol. The van der Waals surface area contributed by atoms with Crippen molar-refractivity contribution >= 4 is 21.7 Å². The number of rotatable bonds is 5. The molecule has 5 heteroatoms. The summed E-state index contributed by atoms with van der Waals surface area (Å²) in [6, 6.07) is 9.57. The largest absolute Gasteiger partial charge is 0.473 e. The van der Waals surface area contributed by atoms with Crippen LogP contribution in [0.4, 0.5) is 5.82 Å². The third-order valence-corrected chi connectivity index (χ3v) is 3.35. The predicted octanol–water partition coefficient (Wildman–Crippen LogP) is 3.35. The number of hydrogen-bond donors (Lipinski definition) is 1. The van der Waals surface area contributed by atoms with Crippen molar-refractivity contribution in [3.05, 3.63) is 46.2 Å². The summed E-state index contributed by atoms with van der Waals surface area (Å²) in [6.07, 6.45) is 1.78. The fourth-order valence-corrected chi connectivity index (χ4v) is 2.07. The highest BCUT2D eigenvalue weighted by molar-refractivity contribution is 9.10. The van der Waals surface area contributed by atoms with E-state index in [0.29, 0.717) is 18.3 Å². The average molecular weight is 322 g/mol. The van der Waals surface area contributed by atoms with Gasteiger partial charge in [-0.25, -0.2) is 4.98 Å². The number of nitrogens with two attached hydrogens (primary N) is 1. The molecule has 0 unspecified atom stereocenters. The van der Waals surface area contributed by atoms with Crippen molar-refractivity contribution in [2.24, 2.45) is 0 Å². The molecule has 0 fully saturated rings. The number of aromatic nitrogens is 2. The summed E-state index contributed by atoms with van der Waals surface area (Å²) >= 11 is 3.49. The summed E-state index contributed by atoms with van der Waals surface area (Å²) in [6.45, 7) is 2.53. The summed E-state index contributed by atoms with van der Waals surface area (Å²) in [5.74, 6) is 1.69. The maximum absolute atomic E-state index is 5.75. The number of benzene rings is 1. The second kappa shape index (κ2) is 6.52. The summed E-state index contributed by atoms with van der Waals surface area (Å²) in [7, 11) is 0. The normalized spacial score (nSPS) is 10.4. The smallest absolute Gasteiger partial charge is 0.219 e. The molecule has 1 heterocycles. The van der Waals surface area contributed by atoms with Gasteiger partial charge in [0.1, 0.15) is 18.2 Å². The van der Waals surface area contributed by atoms with Crippen LogP contribution >= 0.6 is 15.9 Å². The molecule has 0 amide bonds. The summed E-state index contributed by atoms with van der Waals surface area (Å²) in [5, 5.41) is 0. The van der Waals surface area contributed by atoms with Crippen LogP contribution in [0.15, 0.2) is 34.8 Å². The van der Waals surface area contributed by atoms with Gasteiger partial charge in [-0.2, -0.15) is 4.98 Å². The lowest BCUT2D eigenvalue weighted by atomic mass is 10.2. The Morgan fingerprint density at radius 3 is 2.79 bits per heavy atom. The zero-order valence-electron chi connectivity index (χ0n) is 10.8. The molecule has 100 valence electrons. The van der Waals surface area contributed by atoms with Gasteiger partial charge in [-0.1, -0.05) is 41.1 Å². The lowest BCUT2D eigenvalue weighted by Gasteiger charge is -2.08. The molecule has 2 aromatic rings. The van der Waals surface area contributed by atoms with Gasteiger partial charge in [0.2, 0.25) is 5.88 Å². The topological polar surface area (TPSA) is 61.0 Å². The van der Waals surface area contributed by atoms with Crippen LogP contribution in [0.5, 0.6) is 5.88 Å². The molecule has 0 saturated heterocycles. The van der Waals surface area contributed by atoms with Crippen molar-refractivity contribution in [2.75, 3.05) is 5.73 Å². The molecule has 1 aromatic heterocycles. The third-order valence-electron chi connectivity index (χ3n) is 2.58. The van der Waals surface area contributed by atoms with Crippen molar-refractivity contribution in [1.29, 1.82) is 0 Å². The van der Waals surface area contributed by atoms with E-state index in [2.05, 4.69) is 32.8 Å². The molecule has 19 heavy (non-hydrogen) atoms. The first-order chi connectivity index (χ1) is 9.19. The van der Waals surface area contributed by atoms with Crippen LogP contribution in [0.25, 0.3) is 0 Å². The Morgan fingerprint density at radius 1 is 1.26 bits per heavy atom. The number of anilines is 1. The van der Waals surface area contributed by atoms with Gasteiger partial charge >= 0.3 is 0 Å². The van der Waals surface area contributed by atoms with E-state index in [4.69, 9.17) is 10.5 Å². The fourth-order valence-electron chi connectivity index (χ4n) is 1.67. The zero-order chi connectivity index (χ0) is 13.7. The Bertz CT molecular complexity index is 560. The Kier molecular flexibility index (Phi) is 4.74. The van der Waals surface area contributed by atoms with E-state index in [-0.39, 0.29) is 0 Å². The van der Waals surface area contributed by atoms with Gasteiger partial charge in [-0.05, 0) is 12.5 Å². The zero-order valence-corrected chi connectivity index (χ0v) is 12.4. The predicted molar refractivity (Wildman–Crippen MR) is 78.9 cm³/mol. The SMILES string of the molecule is CCCc1nc(N)cc(OCc2ccccc2Br)n1. The summed E-state index contributed by atoms with van der Waals surface area (Å²) in [5.41, 5.74) is 6.81. The van der Waals surface area contributed by atoms with Crippen LogP contribution in [0.2, 0.25) is 0 Å². The van der Waals surface area contributed by atoms with E-state index in [1.165, 1.54) is 0 Å². The van der Waals surface area contributed by atoms with Gasteiger partial charge in [-0.15, -0.1) is 0 Å². The lowest BCUT2D eigenvalue weighted by Crippen LogP contribution is -2.04. The summed E-state index contributed by atoms with van der Waals surface area (Å²) in [4.78, 5) is 8.51. The van der Waals surface area contributed by atoms with Crippen molar-refractivity contribution in [2.45, 2.75) is 26.4 Å². The standard InChI is InChI=1S/C14H16BrN3O/c1-2-5-13-17-12(16)8-14(18-13)19-9-10-6-3-4-7-11(10)15/h3-4,6-8H,2,5,9H2,1H3,(H2,16,17,18). The van der Waals surface area contributed by atoms with Crippen LogP contribution in [-0.2, 0) is 13.0 Å². The Morgan fingerprint density at radius 2 is 2.05 bits per heavy atom. The molecular formula is C14H16BrN3O. The second-order valence-corrected chi connectivity index (χ2v) is 5.03. The van der Waals surface area contributed by atoms with Gasteiger partial charge in [0, 0.05) is 22.5 Å². The minimum Gasteiger partial charge on any atom is -0.473 e. The first kappa shape index (κ1) is 13.8. The highest BCUT2D eigenvalue weighted by atomic mass is 79.9. The lowest BCUT2D eigenvalue weighted by molar-refractivity contribution is 0.291. The maximum Gasteiger partial charge on any atom is 0.219 e. The molecule has 0 aliphatic carbocycles. The number of nitrogens with zero attached hydrogens (tertiary/aromatic N) is 2. The van der Waals surface area contributed by atoms with Crippen LogP contribution in [0.1, 0.15) is 24.7 Å². The minimum atomic E-state index is 0.445. The Balaban J connectivity index is 2.09. The van der Waals surface area contributed by atoms with Gasteiger partial charge < -0.3 is 10.5 Å². The molecule has 2 N–H and O–H groups in total. The molecule has 1 aromatic carbocycles. The van der Waals surface area contributed by atoms with E-state index < -0.39 is 0 Å². The van der Waals surface area contributed by atoms with Crippen LogP contribution in [0.3, 0.4) is 0 Å². The molecule has 0 bridgehead atoms. The molecular weight excluding hydrogens is 306 g/mol. The first-order valence-corrected chi connectivity index (χ1v) is 6.98. The summed E-state index contributed by atoms with van der Waals surface area (Å²) < 4.78 is 6.70. The van der Waals surface area contributed by atoms with E-state index in [9.17, 15) is 0 Å². The number of halogens is 1.